The van der Waals surface area contributed by atoms with Crippen LogP contribution in [0, 0.1) is 0 Å². The predicted molar refractivity (Wildman–Crippen MR) is 70.4 cm³/mol. The topological polar surface area (TPSA) is 54.5 Å². The van der Waals surface area contributed by atoms with Gasteiger partial charge in [-0.2, -0.15) is 0 Å². The van der Waals surface area contributed by atoms with Crippen molar-refractivity contribution < 1.29 is 14.4 Å². The average molecular weight is 239 g/mol. The first-order valence-corrected chi connectivity index (χ1v) is 4.94. The first-order valence-electron chi connectivity index (χ1n) is 4.94. The van der Waals surface area contributed by atoms with Gasteiger partial charge in [0.15, 0.2) is 0 Å². The van der Waals surface area contributed by atoms with Crippen LogP contribution in [0.25, 0.3) is 0 Å². The lowest BCUT2D eigenvalue weighted by Crippen LogP contribution is -2.04. The lowest BCUT2D eigenvalue weighted by atomic mass is 10.3. The molecule has 0 aliphatic carbocycles. The number of carbonyl (C=O) groups excluding carboxylic acids is 3. The van der Waals surface area contributed by atoms with Crippen LogP contribution in [0.3, 0.4) is 0 Å². The second-order valence-corrected chi connectivity index (χ2v) is 2.84. The standard InChI is InChI=1S/C5H8O.C4H7NO.C4H6O/c1-3-4-5(2)6;1-3-5(2)4-6;1-2-3-4-5/h3H,1,4H2,2H3;3-4H,1H2,2H3;2,4H,1,3H2. The summed E-state index contributed by atoms with van der Waals surface area (Å²) in [7, 11) is 1.62. The molecule has 0 atom stereocenters. The van der Waals surface area contributed by atoms with Crippen LogP contribution in [0.5, 0.6) is 0 Å². The van der Waals surface area contributed by atoms with Gasteiger partial charge in [-0.15, -0.1) is 13.2 Å². The van der Waals surface area contributed by atoms with Crippen molar-refractivity contribution in [3.05, 3.63) is 38.1 Å². The number of hydrogen-bond acceptors (Lipinski definition) is 3. The molecule has 0 aliphatic rings. The monoisotopic (exact) mass is 239 g/mol. The number of carbonyl (C=O) groups is 3. The molecule has 0 spiro atoms. The normalized spacial score (nSPS) is 6.94. The van der Waals surface area contributed by atoms with E-state index in [-0.39, 0.29) is 5.78 Å². The lowest BCUT2D eigenvalue weighted by molar-refractivity contribution is -0.116. The van der Waals surface area contributed by atoms with Crippen molar-refractivity contribution in [1.29, 1.82) is 0 Å². The van der Waals surface area contributed by atoms with Gasteiger partial charge in [0.25, 0.3) is 0 Å². The van der Waals surface area contributed by atoms with Gasteiger partial charge >= 0.3 is 0 Å². The first-order chi connectivity index (χ1) is 7.99. The fraction of sp³-hybridized carbons (Fsp3) is 0.308. The van der Waals surface area contributed by atoms with Gasteiger partial charge in [0.05, 0.1) is 0 Å². The molecular formula is C13H21NO3. The highest BCUT2D eigenvalue weighted by molar-refractivity contribution is 5.76. The Morgan fingerprint density at radius 3 is 1.71 bits per heavy atom. The Morgan fingerprint density at radius 2 is 1.71 bits per heavy atom. The van der Waals surface area contributed by atoms with E-state index >= 15 is 0 Å². The molecular weight excluding hydrogens is 218 g/mol. The number of amides is 1. The van der Waals surface area contributed by atoms with Gasteiger partial charge in [0.2, 0.25) is 6.41 Å². The van der Waals surface area contributed by atoms with Gasteiger partial charge in [-0.3, -0.25) is 9.59 Å². The molecule has 4 heteroatoms. The molecule has 0 unspecified atom stereocenters. The van der Waals surface area contributed by atoms with Gasteiger partial charge in [-0.1, -0.05) is 18.7 Å². The van der Waals surface area contributed by atoms with Crippen molar-refractivity contribution >= 4 is 18.5 Å². The Bertz CT molecular complexity index is 233. The molecule has 1 amide bonds. The molecule has 0 rings (SSSR count). The Labute approximate surface area is 103 Å². The molecule has 0 saturated heterocycles. The molecule has 0 N–H and O–H groups in total. The molecule has 0 fully saturated rings. The summed E-state index contributed by atoms with van der Waals surface area (Å²) >= 11 is 0. The number of rotatable bonds is 6. The molecule has 0 aromatic heterocycles. The van der Waals surface area contributed by atoms with Crippen LogP contribution in [0.15, 0.2) is 38.1 Å². The maximum atomic E-state index is 9.97. The minimum atomic E-state index is 0.171. The molecule has 4 nitrogen and oxygen atoms in total. The quantitative estimate of drug-likeness (QED) is 0.527. The van der Waals surface area contributed by atoms with E-state index in [0.29, 0.717) is 19.3 Å². The fourth-order valence-electron chi connectivity index (χ4n) is 0.314. The van der Waals surface area contributed by atoms with E-state index in [9.17, 15) is 14.4 Å². The van der Waals surface area contributed by atoms with Gasteiger partial charge < -0.3 is 9.69 Å². The summed E-state index contributed by atoms with van der Waals surface area (Å²) in [5.74, 6) is 0.171. The van der Waals surface area contributed by atoms with Gasteiger partial charge in [0.1, 0.15) is 12.1 Å². The van der Waals surface area contributed by atoms with Crippen molar-refractivity contribution in [1.82, 2.24) is 4.90 Å². The number of hydrogen-bond donors (Lipinski definition) is 0. The van der Waals surface area contributed by atoms with Crippen molar-refractivity contribution in [2.45, 2.75) is 19.8 Å². The summed E-state index contributed by atoms with van der Waals surface area (Å²) in [6.45, 7) is 11.6. The van der Waals surface area contributed by atoms with E-state index in [1.807, 2.05) is 0 Å². The average Bonchev–Trinajstić information content (AvgIpc) is 2.30. The molecule has 0 bridgehead atoms. The molecule has 0 aromatic carbocycles. The third-order valence-corrected chi connectivity index (χ3v) is 1.15. The summed E-state index contributed by atoms with van der Waals surface area (Å²) in [6, 6.07) is 0. The number of nitrogens with zero attached hydrogens (tertiary/aromatic N) is 1. The number of allylic oxidation sites excluding steroid dienone is 2. The third-order valence-electron chi connectivity index (χ3n) is 1.15. The molecule has 0 saturated carbocycles. The summed E-state index contributed by atoms with van der Waals surface area (Å²) in [5.41, 5.74) is 0. The van der Waals surface area contributed by atoms with Gasteiger partial charge in [0, 0.05) is 19.9 Å². The maximum Gasteiger partial charge on any atom is 0.213 e. The minimum absolute atomic E-state index is 0.171. The Morgan fingerprint density at radius 1 is 1.18 bits per heavy atom. The first kappa shape index (κ1) is 20.4. The van der Waals surface area contributed by atoms with Crippen LogP contribution in [-0.4, -0.2) is 30.4 Å². The van der Waals surface area contributed by atoms with Crippen molar-refractivity contribution in [2.75, 3.05) is 7.05 Å². The van der Waals surface area contributed by atoms with Gasteiger partial charge in [-0.25, -0.2) is 0 Å². The predicted octanol–water partition coefficient (Wildman–Crippen LogP) is 2.13. The Balaban J connectivity index is -0.000000174. The second kappa shape index (κ2) is 19.6. The third kappa shape index (κ3) is 41.1. The van der Waals surface area contributed by atoms with Crippen LogP contribution in [0.2, 0.25) is 0 Å². The minimum Gasteiger partial charge on any atom is -0.325 e. The number of Topliss-reactive ketones (excluding diaryl/α,β-unsaturated/α-hetero) is 1. The largest absolute Gasteiger partial charge is 0.325 e. The molecule has 0 heterocycles. The van der Waals surface area contributed by atoms with Crippen LogP contribution >= 0.6 is 0 Å². The SMILES string of the molecule is C=CCC(C)=O.C=CCC=O.C=CN(C)C=O. The maximum absolute atomic E-state index is 9.97. The van der Waals surface area contributed by atoms with E-state index in [1.165, 1.54) is 11.1 Å². The zero-order valence-corrected chi connectivity index (χ0v) is 10.6. The van der Waals surface area contributed by atoms with Crippen LogP contribution in [0.4, 0.5) is 0 Å². The molecule has 96 valence electrons. The number of ketones is 1. The summed E-state index contributed by atoms with van der Waals surface area (Å²) in [5, 5.41) is 0. The van der Waals surface area contributed by atoms with Gasteiger partial charge in [-0.05, 0) is 13.1 Å². The smallest absolute Gasteiger partial charge is 0.213 e. The van der Waals surface area contributed by atoms with E-state index in [0.717, 1.165) is 6.29 Å². The highest BCUT2D eigenvalue weighted by Crippen LogP contribution is 1.77. The summed E-state index contributed by atoms with van der Waals surface area (Å²) in [4.78, 5) is 30.2. The Hall–Kier alpha value is -1.97. The van der Waals surface area contributed by atoms with Crippen molar-refractivity contribution in [2.24, 2.45) is 0 Å². The van der Waals surface area contributed by atoms with Crippen LogP contribution < -0.4 is 0 Å². The Kier molecular flexibility index (Phi) is 23.5. The summed E-state index contributed by atoms with van der Waals surface area (Å²) in [6.07, 6.45) is 7.07. The molecule has 0 aromatic rings. The zero-order chi connectivity index (χ0) is 14.1. The molecule has 0 radical (unpaired) electrons. The summed E-state index contributed by atoms with van der Waals surface area (Å²) < 4.78 is 0. The number of aldehydes is 1. The lowest BCUT2D eigenvalue weighted by Gasteiger charge is -1.96. The zero-order valence-electron chi connectivity index (χ0n) is 10.6. The fourth-order valence-corrected chi connectivity index (χ4v) is 0.314. The highest BCUT2D eigenvalue weighted by Gasteiger charge is 1.80. The van der Waals surface area contributed by atoms with E-state index in [4.69, 9.17) is 0 Å². The highest BCUT2D eigenvalue weighted by atomic mass is 16.1. The van der Waals surface area contributed by atoms with Crippen molar-refractivity contribution in [3.63, 3.8) is 0 Å². The molecule has 0 aliphatic heterocycles. The van der Waals surface area contributed by atoms with E-state index < -0.39 is 0 Å². The molecule has 17 heavy (non-hydrogen) atoms. The van der Waals surface area contributed by atoms with E-state index in [2.05, 4.69) is 19.7 Å². The van der Waals surface area contributed by atoms with Crippen LogP contribution in [-0.2, 0) is 14.4 Å². The van der Waals surface area contributed by atoms with Crippen molar-refractivity contribution in [3.8, 4) is 0 Å². The second-order valence-electron chi connectivity index (χ2n) is 2.84. The van der Waals surface area contributed by atoms with Crippen LogP contribution in [0.1, 0.15) is 19.8 Å². The van der Waals surface area contributed by atoms with E-state index in [1.54, 1.807) is 26.1 Å².